The summed E-state index contributed by atoms with van der Waals surface area (Å²) in [6.07, 6.45) is 0.176. The molecule has 0 spiro atoms. The monoisotopic (exact) mass is 239 g/mol. The maximum absolute atomic E-state index is 6.03. The normalized spacial score (nSPS) is 21.4. The fraction of sp³-hybridized carbons (Fsp3) is 0.250. The van der Waals surface area contributed by atoms with Gasteiger partial charge in [-0.2, -0.15) is 0 Å². The average molecular weight is 239 g/mol. The summed E-state index contributed by atoms with van der Waals surface area (Å²) in [6.45, 7) is 2.11. The first-order valence-corrected chi connectivity index (χ1v) is 6.33. The number of hydrogen-bond donors (Lipinski definition) is 1. The first-order valence-electron chi connectivity index (χ1n) is 6.33. The molecule has 0 fully saturated rings. The second-order valence-electron chi connectivity index (χ2n) is 4.68. The molecule has 92 valence electrons. The van der Waals surface area contributed by atoms with Gasteiger partial charge in [-0.15, -0.1) is 0 Å². The summed E-state index contributed by atoms with van der Waals surface area (Å²) in [4.78, 5) is 0. The van der Waals surface area contributed by atoms with E-state index in [4.69, 9.17) is 4.74 Å². The number of hydrogen-bond acceptors (Lipinski definition) is 2. The van der Waals surface area contributed by atoms with Gasteiger partial charge < -0.3 is 10.1 Å². The fourth-order valence-corrected chi connectivity index (χ4v) is 2.67. The summed E-state index contributed by atoms with van der Waals surface area (Å²) < 4.78 is 6.03. The van der Waals surface area contributed by atoms with Crippen LogP contribution >= 0.6 is 0 Å². The molecule has 18 heavy (non-hydrogen) atoms. The van der Waals surface area contributed by atoms with Crippen LogP contribution in [0.3, 0.4) is 0 Å². The highest BCUT2D eigenvalue weighted by molar-refractivity contribution is 5.73. The third-order valence-corrected chi connectivity index (χ3v) is 3.55. The second kappa shape index (κ2) is 4.46. The minimum absolute atomic E-state index is 0.176. The molecule has 1 aliphatic heterocycles. The maximum Gasteiger partial charge on any atom is 0.132 e. The SMILES string of the molecule is CNC1c2cccc(-c3ccccc3)c2OC1C. The van der Waals surface area contributed by atoms with Gasteiger partial charge in [0.15, 0.2) is 0 Å². The van der Waals surface area contributed by atoms with Gasteiger partial charge in [-0.3, -0.25) is 0 Å². The molecule has 2 aromatic carbocycles. The lowest BCUT2D eigenvalue weighted by Gasteiger charge is -2.12. The van der Waals surface area contributed by atoms with Crippen molar-refractivity contribution >= 4 is 0 Å². The minimum Gasteiger partial charge on any atom is -0.488 e. The van der Waals surface area contributed by atoms with Crippen molar-refractivity contribution in [2.45, 2.75) is 19.1 Å². The lowest BCUT2D eigenvalue weighted by molar-refractivity contribution is 0.215. The highest BCUT2D eigenvalue weighted by atomic mass is 16.5. The molecule has 1 aliphatic rings. The molecule has 0 amide bonds. The van der Waals surface area contributed by atoms with E-state index >= 15 is 0 Å². The van der Waals surface area contributed by atoms with Crippen molar-refractivity contribution in [3.63, 3.8) is 0 Å². The van der Waals surface area contributed by atoms with Gasteiger partial charge in [-0.05, 0) is 19.5 Å². The van der Waals surface area contributed by atoms with E-state index in [2.05, 4.69) is 54.7 Å². The molecule has 0 aliphatic carbocycles. The van der Waals surface area contributed by atoms with Crippen LogP contribution in [-0.4, -0.2) is 13.2 Å². The zero-order chi connectivity index (χ0) is 12.5. The van der Waals surface area contributed by atoms with E-state index in [0.717, 1.165) is 5.75 Å². The molecule has 2 heteroatoms. The van der Waals surface area contributed by atoms with Gasteiger partial charge in [0, 0.05) is 11.1 Å². The predicted octanol–water partition coefficient (Wildman–Crippen LogP) is 3.40. The Hall–Kier alpha value is -1.80. The van der Waals surface area contributed by atoms with Crippen LogP contribution in [0.5, 0.6) is 5.75 Å². The number of para-hydroxylation sites is 1. The first kappa shape index (κ1) is 11.3. The molecule has 3 rings (SSSR count). The van der Waals surface area contributed by atoms with Crippen molar-refractivity contribution in [2.75, 3.05) is 7.05 Å². The minimum atomic E-state index is 0.176. The summed E-state index contributed by atoms with van der Waals surface area (Å²) in [7, 11) is 1.98. The summed E-state index contributed by atoms with van der Waals surface area (Å²) in [5.41, 5.74) is 3.64. The smallest absolute Gasteiger partial charge is 0.132 e. The molecule has 0 saturated carbocycles. The van der Waals surface area contributed by atoms with Gasteiger partial charge >= 0.3 is 0 Å². The average Bonchev–Trinajstić information content (AvgIpc) is 2.74. The van der Waals surface area contributed by atoms with Crippen molar-refractivity contribution < 1.29 is 4.74 Å². The number of ether oxygens (including phenoxy) is 1. The van der Waals surface area contributed by atoms with Crippen LogP contribution in [0.15, 0.2) is 48.5 Å². The predicted molar refractivity (Wildman–Crippen MR) is 73.8 cm³/mol. The largest absolute Gasteiger partial charge is 0.488 e. The molecular weight excluding hydrogens is 222 g/mol. The van der Waals surface area contributed by atoms with E-state index in [-0.39, 0.29) is 12.1 Å². The van der Waals surface area contributed by atoms with Crippen molar-refractivity contribution in [1.29, 1.82) is 0 Å². The van der Waals surface area contributed by atoms with Crippen molar-refractivity contribution in [3.8, 4) is 16.9 Å². The molecular formula is C16H17NO. The van der Waals surface area contributed by atoms with E-state index in [0.29, 0.717) is 0 Å². The molecule has 0 radical (unpaired) electrons. The van der Waals surface area contributed by atoms with E-state index in [1.165, 1.54) is 16.7 Å². The molecule has 0 aromatic heterocycles. The van der Waals surface area contributed by atoms with Crippen LogP contribution in [0, 0.1) is 0 Å². The summed E-state index contributed by atoms with van der Waals surface area (Å²) in [6, 6.07) is 17.0. The highest BCUT2D eigenvalue weighted by Gasteiger charge is 2.31. The quantitative estimate of drug-likeness (QED) is 0.867. The Bertz CT molecular complexity index is 550. The van der Waals surface area contributed by atoms with Crippen LogP contribution in [0.25, 0.3) is 11.1 Å². The lowest BCUT2D eigenvalue weighted by Crippen LogP contribution is -2.25. The Labute approximate surface area is 108 Å². The molecule has 0 bridgehead atoms. The standard InChI is InChI=1S/C16H17NO/c1-11-15(17-2)14-10-6-9-13(16(14)18-11)12-7-4-3-5-8-12/h3-11,15,17H,1-2H3. The van der Waals surface area contributed by atoms with Crippen LogP contribution < -0.4 is 10.1 Å². The fourth-order valence-electron chi connectivity index (χ4n) is 2.67. The van der Waals surface area contributed by atoms with Crippen molar-refractivity contribution in [1.82, 2.24) is 5.32 Å². The van der Waals surface area contributed by atoms with Crippen LogP contribution in [0.1, 0.15) is 18.5 Å². The second-order valence-corrected chi connectivity index (χ2v) is 4.68. The van der Waals surface area contributed by atoms with Crippen LogP contribution in [0.2, 0.25) is 0 Å². The third-order valence-electron chi connectivity index (χ3n) is 3.55. The van der Waals surface area contributed by atoms with Gasteiger partial charge in [0.05, 0.1) is 6.04 Å². The lowest BCUT2D eigenvalue weighted by atomic mass is 9.98. The van der Waals surface area contributed by atoms with Gasteiger partial charge in [-0.1, -0.05) is 48.5 Å². The Balaban J connectivity index is 2.13. The van der Waals surface area contributed by atoms with Crippen LogP contribution in [-0.2, 0) is 0 Å². The van der Waals surface area contributed by atoms with Gasteiger partial charge in [0.2, 0.25) is 0 Å². The first-order chi connectivity index (χ1) is 8.81. The number of likely N-dealkylation sites (N-methyl/N-ethyl adjacent to an activating group) is 1. The highest BCUT2D eigenvalue weighted by Crippen LogP contribution is 2.43. The number of nitrogens with one attached hydrogen (secondary N) is 1. The number of rotatable bonds is 2. The zero-order valence-corrected chi connectivity index (χ0v) is 10.7. The molecule has 2 atom stereocenters. The summed E-state index contributed by atoms with van der Waals surface area (Å²) in [5, 5.41) is 3.32. The summed E-state index contributed by atoms with van der Waals surface area (Å²) in [5.74, 6) is 1.02. The molecule has 1 N–H and O–H groups in total. The topological polar surface area (TPSA) is 21.3 Å². The van der Waals surface area contributed by atoms with Gasteiger partial charge in [0.1, 0.15) is 11.9 Å². The van der Waals surface area contributed by atoms with E-state index in [9.17, 15) is 0 Å². The molecule has 1 heterocycles. The van der Waals surface area contributed by atoms with E-state index in [1.807, 2.05) is 13.1 Å². The van der Waals surface area contributed by atoms with Crippen molar-refractivity contribution in [2.24, 2.45) is 0 Å². The maximum atomic E-state index is 6.03. The van der Waals surface area contributed by atoms with Crippen LogP contribution in [0.4, 0.5) is 0 Å². The summed E-state index contributed by atoms with van der Waals surface area (Å²) >= 11 is 0. The number of benzene rings is 2. The van der Waals surface area contributed by atoms with Gasteiger partial charge in [0.25, 0.3) is 0 Å². The third kappa shape index (κ3) is 1.70. The Morgan fingerprint density at radius 2 is 1.78 bits per heavy atom. The number of fused-ring (bicyclic) bond motifs is 1. The Morgan fingerprint density at radius 3 is 2.50 bits per heavy atom. The molecule has 2 aromatic rings. The Morgan fingerprint density at radius 1 is 1.00 bits per heavy atom. The zero-order valence-electron chi connectivity index (χ0n) is 10.7. The molecule has 2 unspecified atom stereocenters. The molecule has 2 nitrogen and oxygen atoms in total. The molecule has 0 saturated heterocycles. The van der Waals surface area contributed by atoms with E-state index in [1.54, 1.807) is 0 Å². The van der Waals surface area contributed by atoms with Gasteiger partial charge in [-0.25, -0.2) is 0 Å². The van der Waals surface area contributed by atoms with E-state index < -0.39 is 0 Å². The van der Waals surface area contributed by atoms with Crippen molar-refractivity contribution in [3.05, 3.63) is 54.1 Å². The Kier molecular flexibility index (Phi) is 2.80.